The number of hydrogen-bond donors (Lipinski definition) is 1. The van der Waals surface area contributed by atoms with Crippen LogP contribution in [0.25, 0.3) is 0 Å². The molecule has 1 N–H and O–H groups in total. The first-order chi connectivity index (χ1) is 7.25. The van der Waals surface area contributed by atoms with E-state index in [0.717, 1.165) is 23.1 Å². The molecule has 1 aliphatic carbocycles. The summed E-state index contributed by atoms with van der Waals surface area (Å²) in [5.41, 5.74) is 0.745. The lowest BCUT2D eigenvalue weighted by Gasteiger charge is -2.09. The molecule has 1 amide bonds. The van der Waals surface area contributed by atoms with Crippen molar-refractivity contribution >= 4 is 27.5 Å². The molecule has 0 saturated heterocycles. The number of carbonyl (C=O) groups is 1. The van der Waals surface area contributed by atoms with E-state index >= 15 is 0 Å². The van der Waals surface area contributed by atoms with Crippen LogP contribution in [0.5, 0.6) is 0 Å². The van der Waals surface area contributed by atoms with Crippen LogP contribution in [-0.2, 0) is 4.79 Å². The number of halogens is 1. The second-order valence-corrected chi connectivity index (χ2v) is 4.31. The zero-order chi connectivity index (χ0) is 10.7. The molecule has 3 nitrogen and oxygen atoms in total. The van der Waals surface area contributed by atoms with Gasteiger partial charge in [-0.2, -0.15) is 0 Å². The number of carbonyl (C=O) groups excluding carboxylic acids is 1. The van der Waals surface area contributed by atoms with E-state index in [4.69, 9.17) is 0 Å². The highest BCUT2D eigenvalue weighted by molar-refractivity contribution is 9.10. The van der Waals surface area contributed by atoms with Gasteiger partial charge in [-0.3, -0.25) is 4.79 Å². The molecule has 0 aliphatic heterocycles. The predicted octanol–water partition coefficient (Wildman–Crippen LogP) is 2.75. The van der Waals surface area contributed by atoms with Gasteiger partial charge >= 0.3 is 0 Å². The molecular weight excluding hydrogens is 256 g/mol. The highest BCUT2D eigenvalue weighted by Crippen LogP contribution is 2.20. The summed E-state index contributed by atoms with van der Waals surface area (Å²) < 4.78 is 0.767. The molecule has 2 rings (SSSR count). The topological polar surface area (TPSA) is 42.0 Å². The van der Waals surface area contributed by atoms with Gasteiger partial charge in [0.1, 0.15) is 4.60 Å². The molecule has 0 bridgehead atoms. The average Bonchev–Trinajstić information content (AvgIpc) is 2.74. The fourth-order valence-electron chi connectivity index (χ4n) is 1.53. The Hall–Kier alpha value is -1.16. The summed E-state index contributed by atoms with van der Waals surface area (Å²) in [5.74, 6) is 0.165. The van der Waals surface area contributed by atoms with Crippen LogP contribution in [0.15, 0.2) is 35.1 Å². The number of anilines is 1. The largest absolute Gasteiger partial charge is 0.324 e. The second-order valence-electron chi connectivity index (χ2n) is 3.50. The minimum atomic E-state index is 0.0733. The van der Waals surface area contributed by atoms with Crippen LogP contribution in [-0.4, -0.2) is 10.9 Å². The summed E-state index contributed by atoms with van der Waals surface area (Å²) in [5, 5.41) is 2.85. The Balaban J connectivity index is 1.96. The van der Waals surface area contributed by atoms with Crippen molar-refractivity contribution in [2.45, 2.75) is 12.8 Å². The summed E-state index contributed by atoms with van der Waals surface area (Å²) in [4.78, 5) is 15.8. The average molecular weight is 267 g/mol. The van der Waals surface area contributed by atoms with E-state index in [9.17, 15) is 4.79 Å². The van der Waals surface area contributed by atoms with Crippen molar-refractivity contribution in [2.24, 2.45) is 5.92 Å². The van der Waals surface area contributed by atoms with Crippen LogP contribution < -0.4 is 5.32 Å². The van der Waals surface area contributed by atoms with Gasteiger partial charge in [0.15, 0.2) is 0 Å². The van der Waals surface area contributed by atoms with Crippen LogP contribution in [0.2, 0.25) is 0 Å². The lowest BCUT2D eigenvalue weighted by molar-refractivity contribution is -0.119. The fraction of sp³-hybridized carbons (Fsp3) is 0.273. The Labute approximate surface area is 96.7 Å². The number of aromatic nitrogens is 1. The van der Waals surface area contributed by atoms with E-state index in [1.807, 2.05) is 24.3 Å². The Morgan fingerprint density at radius 3 is 2.73 bits per heavy atom. The molecule has 0 atom stereocenters. The van der Waals surface area contributed by atoms with Crippen molar-refractivity contribution in [3.05, 3.63) is 35.1 Å². The van der Waals surface area contributed by atoms with Gasteiger partial charge in [0.05, 0.1) is 11.9 Å². The number of nitrogens with one attached hydrogen (secondary N) is 1. The fourth-order valence-corrected chi connectivity index (χ4v) is 1.76. The summed E-state index contributed by atoms with van der Waals surface area (Å²) in [6.07, 6.45) is 7.42. The summed E-state index contributed by atoms with van der Waals surface area (Å²) in [6.45, 7) is 0. The van der Waals surface area contributed by atoms with E-state index in [1.54, 1.807) is 6.20 Å². The van der Waals surface area contributed by atoms with Crippen molar-refractivity contribution in [3.63, 3.8) is 0 Å². The van der Waals surface area contributed by atoms with E-state index in [2.05, 4.69) is 26.2 Å². The van der Waals surface area contributed by atoms with Crippen LogP contribution in [0, 0.1) is 5.92 Å². The number of amides is 1. The van der Waals surface area contributed by atoms with Crippen molar-refractivity contribution in [3.8, 4) is 0 Å². The third-order valence-corrected chi connectivity index (χ3v) is 2.84. The molecule has 1 aromatic rings. The molecule has 0 saturated carbocycles. The van der Waals surface area contributed by atoms with Gasteiger partial charge in [-0.05, 0) is 40.9 Å². The molecule has 1 aromatic heterocycles. The first-order valence-corrected chi connectivity index (χ1v) is 5.62. The normalized spacial score (nSPS) is 15.5. The first kappa shape index (κ1) is 10.4. The zero-order valence-corrected chi connectivity index (χ0v) is 9.70. The monoisotopic (exact) mass is 266 g/mol. The Morgan fingerprint density at radius 2 is 2.13 bits per heavy atom. The molecule has 1 aliphatic rings. The third-order valence-electron chi connectivity index (χ3n) is 2.37. The van der Waals surface area contributed by atoms with Crippen molar-refractivity contribution in [1.29, 1.82) is 0 Å². The summed E-state index contributed by atoms with van der Waals surface area (Å²) in [6, 6.07) is 3.64. The van der Waals surface area contributed by atoms with Crippen LogP contribution in [0.4, 0.5) is 5.69 Å². The van der Waals surface area contributed by atoms with Crippen molar-refractivity contribution in [2.75, 3.05) is 5.32 Å². The number of rotatable bonds is 2. The van der Waals surface area contributed by atoms with Gasteiger partial charge < -0.3 is 5.32 Å². The zero-order valence-electron chi connectivity index (χ0n) is 8.11. The maximum atomic E-state index is 11.7. The maximum Gasteiger partial charge on any atom is 0.228 e. The van der Waals surface area contributed by atoms with Gasteiger partial charge in [-0.15, -0.1) is 0 Å². The van der Waals surface area contributed by atoms with E-state index in [0.29, 0.717) is 0 Å². The van der Waals surface area contributed by atoms with E-state index < -0.39 is 0 Å². The molecule has 0 aromatic carbocycles. The summed E-state index contributed by atoms with van der Waals surface area (Å²) >= 11 is 3.24. The Bertz CT molecular complexity index is 378. The van der Waals surface area contributed by atoms with Gasteiger partial charge in [0.2, 0.25) is 5.91 Å². The van der Waals surface area contributed by atoms with Gasteiger partial charge in [0, 0.05) is 5.92 Å². The molecule has 0 fully saturated rings. The first-order valence-electron chi connectivity index (χ1n) is 4.83. The predicted molar refractivity (Wildman–Crippen MR) is 62.4 cm³/mol. The van der Waals surface area contributed by atoms with Crippen molar-refractivity contribution < 1.29 is 4.79 Å². The molecular formula is C11H11BrN2O. The second kappa shape index (κ2) is 4.57. The lowest BCUT2D eigenvalue weighted by atomic mass is 10.1. The van der Waals surface area contributed by atoms with Crippen molar-refractivity contribution in [1.82, 2.24) is 4.98 Å². The van der Waals surface area contributed by atoms with E-state index in [-0.39, 0.29) is 11.8 Å². The highest BCUT2D eigenvalue weighted by atomic mass is 79.9. The number of pyridine rings is 1. The molecule has 0 radical (unpaired) electrons. The molecule has 4 heteroatoms. The standard InChI is InChI=1S/C11H11BrN2O/c12-10-6-5-9(7-13-10)14-11(15)8-3-1-2-4-8/h1-2,5-8H,3-4H2,(H,14,15). The minimum absolute atomic E-state index is 0.0733. The Morgan fingerprint density at radius 1 is 1.40 bits per heavy atom. The van der Waals surface area contributed by atoms with Crippen LogP contribution in [0.3, 0.4) is 0 Å². The quantitative estimate of drug-likeness (QED) is 0.661. The molecule has 78 valence electrons. The maximum absolute atomic E-state index is 11.7. The van der Waals surface area contributed by atoms with Crippen LogP contribution >= 0.6 is 15.9 Å². The smallest absolute Gasteiger partial charge is 0.228 e. The van der Waals surface area contributed by atoms with Crippen LogP contribution in [0.1, 0.15) is 12.8 Å². The van der Waals surface area contributed by atoms with Gasteiger partial charge in [0.25, 0.3) is 0 Å². The molecule has 1 heterocycles. The number of hydrogen-bond acceptors (Lipinski definition) is 2. The molecule has 0 spiro atoms. The third kappa shape index (κ3) is 2.65. The molecule has 0 unspecified atom stereocenters. The Kier molecular flexibility index (Phi) is 3.16. The lowest BCUT2D eigenvalue weighted by Crippen LogP contribution is -2.20. The molecule has 15 heavy (non-hydrogen) atoms. The summed E-state index contributed by atoms with van der Waals surface area (Å²) in [7, 11) is 0. The van der Waals surface area contributed by atoms with Gasteiger partial charge in [-0.1, -0.05) is 12.2 Å². The van der Waals surface area contributed by atoms with E-state index in [1.165, 1.54) is 0 Å². The highest BCUT2D eigenvalue weighted by Gasteiger charge is 2.18. The number of nitrogens with zero attached hydrogens (tertiary/aromatic N) is 1. The number of allylic oxidation sites excluding steroid dienone is 2. The van der Waals surface area contributed by atoms with Gasteiger partial charge in [-0.25, -0.2) is 4.98 Å². The minimum Gasteiger partial charge on any atom is -0.324 e. The SMILES string of the molecule is O=C(Nc1ccc(Br)nc1)C1CC=CC1.